The van der Waals surface area contributed by atoms with Gasteiger partial charge >= 0.3 is 0 Å². The van der Waals surface area contributed by atoms with Gasteiger partial charge in [-0.1, -0.05) is 12.1 Å². The third-order valence-electron chi connectivity index (χ3n) is 3.07. The number of aryl methyl sites for hydroxylation is 2. The van der Waals surface area contributed by atoms with Gasteiger partial charge in [-0.25, -0.2) is 9.37 Å². The van der Waals surface area contributed by atoms with Crippen molar-refractivity contribution in [2.24, 2.45) is 0 Å². The van der Waals surface area contributed by atoms with Gasteiger partial charge in [0.05, 0.1) is 16.4 Å². The highest BCUT2D eigenvalue weighted by atomic mass is 32.1. The minimum atomic E-state index is -0.364. The van der Waals surface area contributed by atoms with Crippen LogP contribution in [0, 0.1) is 19.7 Å². The number of benzene rings is 1. The molecule has 0 spiro atoms. The fourth-order valence-corrected chi connectivity index (χ4v) is 2.99. The van der Waals surface area contributed by atoms with E-state index in [-0.39, 0.29) is 17.5 Å². The summed E-state index contributed by atoms with van der Waals surface area (Å²) in [6, 6.07) is 5.06. The van der Waals surface area contributed by atoms with Gasteiger partial charge in [0, 0.05) is 17.5 Å². The fourth-order valence-electron chi connectivity index (χ4n) is 2.04. The first-order valence-corrected chi connectivity index (χ1v) is 7.01. The second-order valence-corrected chi connectivity index (χ2v) is 5.83. The van der Waals surface area contributed by atoms with Gasteiger partial charge in [-0.3, -0.25) is 0 Å². The van der Waals surface area contributed by atoms with E-state index in [1.165, 1.54) is 10.9 Å². The number of anilines is 1. The molecule has 0 amide bonds. The van der Waals surface area contributed by atoms with Gasteiger partial charge in [-0.15, -0.1) is 11.3 Å². The number of nitrogens with two attached hydrogens (primary N) is 1. The lowest BCUT2D eigenvalue weighted by Gasteiger charge is -2.14. The molecule has 0 radical (unpaired) electrons. The average molecular weight is 279 g/mol. The summed E-state index contributed by atoms with van der Waals surface area (Å²) in [4.78, 5) is 5.63. The van der Waals surface area contributed by atoms with Crippen LogP contribution in [0.3, 0.4) is 0 Å². The molecule has 0 aliphatic carbocycles. The van der Waals surface area contributed by atoms with E-state index < -0.39 is 0 Å². The minimum absolute atomic E-state index is 0.175. The molecule has 1 unspecified atom stereocenters. The van der Waals surface area contributed by atoms with E-state index in [0.29, 0.717) is 6.54 Å². The number of thiazole rings is 1. The number of nitrogen functional groups attached to an aromatic ring is 1. The molecule has 1 aromatic carbocycles. The van der Waals surface area contributed by atoms with Crippen LogP contribution >= 0.6 is 11.3 Å². The monoisotopic (exact) mass is 279 g/mol. The minimum Gasteiger partial charge on any atom is -0.396 e. The van der Waals surface area contributed by atoms with Crippen LogP contribution in [0.4, 0.5) is 10.1 Å². The van der Waals surface area contributed by atoms with Crippen molar-refractivity contribution < 1.29 is 4.39 Å². The Kier molecular flexibility index (Phi) is 4.17. The molecule has 0 fully saturated rings. The first kappa shape index (κ1) is 14.0. The molecule has 0 saturated heterocycles. The smallest absolute Gasteiger partial charge is 0.146 e. The number of aromatic nitrogens is 1. The highest BCUT2D eigenvalue weighted by molar-refractivity contribution is 7.11. The number of hydrogen-bond donors (Lipinski definition) is 2. The molecule has 0 aliphatic heterocycles. The number of nitrogens with zero attached hydrogens (tertiary/aromatic N) is 1. The van der Waals surface area contributed by atoms with Gasteiger partial charge in [0.1, 0.15) is 5.82 Å². The summed E-state index contributed by atoms with van der Waals surface area (Å²) < 4.78 is 13.3. The Balaban J connectivity index is 2.06. The van der Waals surface area contributed by atoms with E-state index in [9.17, 15) is 4.39 Å². The SMILES string of the molecule is Cc1nc(C)c(C(C)NCc2cccc(F)c2N)s1. The molecule has 1 atom stereocenters. The second-order valence-electron chi connectivity index (χ2n) is 4.60. The normalized spacial score (nSPS) is 12.6. The van der Waals surface area contributed by atoms with Crippen molar-refractivity contribution in [3.05, 3.63) is 45.2 Å². The molecule has 2 aromatic rings. The molecule has 0 aliphatic rings. The lowest BCUT2D eigenvalue weighted by Crippen LogP contribution is -2.19. The Hall–Kier alpha value is -1.46. The summed E-state index contributed by atoms with van der Waals surface area (Å²) in [5.74, 6) is -0.364. The van der Waals surface area contributed by atoms with Gasteiger partial charge in [-0.05, 0) is 32.4 Å². The van der Waals surface area contributed by atoms with E-state index in [1.54, 1.807) is 17.4 Å². The van der Waals surface area contributed by atoms with Crippen molar-refractivity contribution in [3.8, 4) is 0 Å². The number of nitrogens with one attached hydrogen (secondary N) is 1. The maximum atomic E-state index is 13.3. The maximum Gasteiger partial charge on any atom is 0.146 e. The average Bonchev–Trinajstić information content (AvgIpc) is 2.70. The first-order valence-electron chi connectivity index (χ1n) is 6.19. The van der Waals surface area contributed by atoms with Gasteiger partial charge in [0.2, 0.25) is 0 Å². The predicted molar refractivity (Wildman–Crippen MR) is 77.7 cm³/mol. The van der Waals surface area contributed by atoms with Crippen molar-refractivity contribution >= 4 is 17.0 Å². The van der Waals surface area contributed by atoms with Crippen LogP contribution in [0.5, 0.6) is 0 Å². The van der Waals surface area contributed by atoms with Gasteiger partial charge in [0.25, 0.3) is 0 Å². The molecule has 0 saturated carbocycles. The second kappa shape index (κ2) is 5.67. The zero-order valence-electron chi connectivity index (χ0n) is 11.3. The van der Waals surface area contributed by atoms with Gasteiger partial charge in [-0.2, -0.15) is 0 Å². The number of halogens is 1. The molecule has 1 heterocycles. The zero-order valence-corrected chi connectivity index (χ0v) is 12.1. The maximum absolute atomic E-state index is 13.3. The van der Waals surface area contributed by atoms with Crippen LogP contribution in [0.15, 0.2) is 18.2 Å². The molecular weight excluding hydrogens is 261 g/mol. The van der Waals surface area contributed by atoms with E-state index in [1.807, 2.05) is 19.9 Å². The Bertz CT molecular complexity index is 580. The van der Waals surface area contributed by atoms with Crippen LogP contribution in [0.1, 0.15) is 34.1 Å². The van der Waals surface area contributed by atoms with Crippen molar-refractivity contribution in [1.82, 2.24) is 10.3 Å². The lowest BCUT2D eigenvalue weighted by atomic mass is 10.1. The third kappa shape index (κ3) is 3.11. The Morgan fingerprint density at radius 2 is 2.16 bits per heavy atom. The van der Waals surface area contributed by atoms with Crippen LogP contribution < -0.4 is 11.1 Å². The molecule has 2 rings (SSSR count). The highest BCUT2D eigenvalue weighted by Gasteiger charge is 2.13. The van der Waals surface area contributed by atoms with Crippen LogP contribution in [0.25, 0.3) is 0 Å². The molecule has 19 heavy (non-hydrogen) atoms. The molecular formula is C14H18FN3S. The van der Waals surface area contributed by atoms with Crippen LogP contribution in [0.2, 0.25) is 0 Å². The molecule has 1 aromatic heterocycles. The largest absolute Gasteiger partial charge is 0.396 e. The molecule has 5 heteroatoms. The zero-order chi connectivity index (χ0) is 14.0. The molecule has 102 valence electrons. The lowest BCUT2D eigenvalue weighted by molar-refractivity contribution is 0.575. The predicted octanol–water partition coefficient (Wildman–Crippen LogP) is 3.33. The summed E-state index contributed by atoms with van der Waals surface area (Å²) in [5, 5.41) is 4.42. The van der Waals surface area contributed by atoms with Crippen LogP contribution in [-0.2, 0) is 6.54 Å². The van der Waals surface area contributed by atoms with Crippen molar-refractivity contribution in [2.45, 2.75) is 33.4 Å². The van der Waals surface area contributed by atoms with E-state index in [4.69, 9.17) is 5.73 Å². The number of hydrogen-bond acceptors (Lipinski definition) is 4. The quantitative estimate of drug-likeness (QED) is 0.844. The molecule has 0 bridgehead atoms. The molecule has 3 nitrogen and oxygen atoms in total. The highest BCUT2D eigenvalue weighted by Crippen LogP contribution is 2.25. The summed E-state index contributed by atoms with van der Waals surface area (Å²) in [5.41, 5.74) is 7.77. The summed E-state index contributed by atoms with van der Waals surface area (Å²) in [6.07, 6.45) is 0. The standard InChI is InChI=1S/C14H18FN3S/c1-8(14-9(2)18-10(3)19-14)17-7-11-5-4-6-12(15)13(11)16/h4-6,8,17H,7,16H2,1-3H3. The summed E-state index contributed by atoms with van der Waals surface area (Å²) in [7, 11) is 0. The van der Waals surface area contributed by atoms with Gasteiger partial charge < -0.3 is 11.1 Å². The Labute approximate surface area is 116 Å². The van der Waals surface area contributed by atoms with Gasteiger partial charge in [0.15, 0.2) is 0 Å². The number of para-hydroxylation sites is 1. The molecule has 3 N–H and O–H groups in total. The van der Waals surface area contributed by atoms with E-state index in [0.717, 1.165) is 16.3 Å². The summed E-state index contributed by atoms with van der Waals surface area (Å²) in [6.45, 7) is 6.63. The number of rotatable bonds is 4. The fraction of sp³-hybridized carbons (Fsp3) is 0.357. The van der Waals surface area contributed by atoms with Crippen molar-refractivity contribution in [2.75, 3.05) is 5.73 Å². The van der Waals surface area contributed by atoms with Crippen molar-refractivity contribution in [3.63, 3.8) is 0 Å². The van der Waals surface area contributed by atoms with Crippen LogP contribution in [-0.4, -0.2) is 4.98 Å². The van der Waals surface area contributed by atoms with E-state index in [2.05, 4.69) is 17.2 Å². The summed E-state index contributed by atoms with van der Waals surface area (Å²) >= 11 is 1.69. The first-order chi connectivity index (χ1) is 8.99. The Morgan fingerprint density at radius 1 is 1.42 bits per heavy atom. The van der Waals surface area contributed by atoms with E-state index >= 15 is 0 Å². The Morgan fingerprint density at radius 3 is 2.79 bits per heavy atom. The topological polar surface area (TPSA) is 50.9 Å². The third-order valence-corrected chi connectivity index (χ3v) is 4.33. The van der Waals surface area contributed by atoms with Crippen molar-refractivity contribution in [1.29, 1.82) is 0 Å².